The molecule has 0 amide bonds. The van der Waals surface area contributed by atoms with Gasteiger partial charge in [-0.1, -0.05) is 0 Å². The van der Waals surface area contributed by atoms with Crippen molar-refractivity contribution in [1.82, 2.24) is 0 Å². The van der Waals surface area contributed by atoms with Crippen LogP contribution in [-0.2, 0) is 11.3 Å². The Labute approximate surface area is 117 Å². The average molecular weight is 319 g/mol. The second kappa shape index (κ2) is 7.61. The minimum atomic E-state index is 0.417. The van der Waals surface area contributed by atoms with Crippen molar-refractivity contribution in [3.8, 4) is 11.5 Å². The fourth-order valence-electron chi connectivity index (χ4n) is 1.74. The number of methoxy groups -OCH3 is 3. The van der Waals surface area contributed by atoms with Crippen molar-refractivity contribution in [3.05, 3.63) is 22.2 Å². The first-order chi connectivity index (χ1) is 8.62. The summed E-state index contributed by atoms with van der Waals surface area (Å²) in [6, 6.07) is 4.35. The molecule has 0 unspecified atom stereocenters. The molecule has 0 heterocycles. The highest BCUT2D eigenvalue weighted by atomic mass is 79.9. The van der Waals surface area contributed by atoms with Crippen LogP contribution in [0.4, 0.5) is 0 Å². The third-order valence-electron chi connectivity index (χ3n) is 2.72. The van der Waals surface area contributed by atoms with Crippen LogP contribution < -0.4 is 14.8 Å². The van der Waals surface area contributed by atoms with Crippen molar-refractivity contribution < 1.29 is 19.5 Å². The molecular weight excluding hydrogens is 298 g/mol. The van der Waals surface area contributed by atoms with Gasteiger partial charge in [0.1, 0.15) is 24.1 Å². The zero-order chi connectivity index (χ0) is 13.5. The molecule has 18 heavy (non-hydrogen) atoms. The van der Waals surface area contributed by atoms with E-state index in [1.165, 1.54) is 0 Å². The third kappa shape index (κ3) is 4.15. The first-order valence-electron chi connectivity index (χ1n) is 5.85. The lowest BCUT2D eigenvalue weighted by atomic mass is 10.1. The molecule has 0 aromatic heterocycles. The molecule has 0 radical (unpaired) electrons. The highest BCUT2D eigenvalue weighted by molar-refractivity contribution is 9.10. The summed E-state index contributed by atoms with van der Waals surface area (Å²) in [5, 5.41) is 2.22. The predicted molar refractivity (Wildman–Crippen MR) is 74.2 cm³/mol. The molecule has 102 valence electrons. The van der Waals surface area contributed by atoms with Crippen LogP contribution >= 0.6 is 15.9 Å². The summed E-state index contributed by atoms with van der Waals surface area (Å²) >= 11 is 3.49. The number of nitrogens with two attached hydrogens (primary N) is 1. The summed E-state index contributed by atoms with van der Waals surface area (Å²) in [6.45, 7) is 3.71. The van der Waals surface area contributed by atoms with Gasteiger partial charge in [-0.3, -0.25) is 0 Å². The molecule has 0 bridgehead atoms. The minimum absolute atomic E-state index is 0.417. The molecule has 0 fully saturated rings. The van der Waals surface area contributed by atoms with Gasteiger partial charge in [0, 0.05) is 18.7 Å². The van der Waals surface area contributed by atoms with Gasteiger partial charge in [0.25, 0.3) is 0 Å². The molecule has 0 saturated heterocycles. The van der Waals surface area contributed by atoms with E-state index >= 15 is 0 Å². The fraction of sp³-hybridized carbons (Fsp3) is 0.538. The highest BCUT2D eigenvalue weighted by Gasteiger charge is 2.12. The molecule has 0 aliphatic heterocycles. The van der Waals surface area contributed by atoms with Gasteiger partial charge in [-0.05, 0) is 28.9 Å². The van der Waals surface area contributed by atoms with Crippen LogP contribution in [0.5, 0.6) is 11.5 Å². The van der Waals surface area contributed by atoms with Crippen LogP contribution in [0.15, 0.2) is 16.6 Å². The maximum absolute atomic E-state index is 5.38. The minimum Gasteiger partial charge on any atom is -0.496 e. The number of rotatable bonds is 7. The molecule has 4 nitrogen and oxygen atoms in total. The molecule has 1 atom stereocenters. The summed E-state index contributed by atoms with van der Waals surface area (Å²) in [7, 11) is 5.03. The predicted octanol–water partition coefficient (Wildman–Crippen LogP) is 1.56. The SMILES string of the molecule is COC[C@@H](C)[NH2+]Cc1cc(Br)c(OC)cc1OC. The van der Waals surface area contributed by atoms with Crippen molar-refractivity contribution in [2.45, 2.75) is 19.5 Å². The molecule has 0 spiro atoms. The monoisotopic (exact) mass is 318 g/mol. The van der Waals surface area contributed by atoms with E-state index in [0.717, 1.165) is 34.7 Å². The second-order valence-electron chi connectivity index (χ2n) is 4.17. The van der Waals surface area contributed by atoms with E-state index in [1.54, 1.807) is 21.3 Å². The van der Waals surface area contributed by atoms with Crippen LogP contribution in [0.3, 0.4) is 0 Å². The molecule has 1 aromatic carbocycles. The third-order valence-corrected chi connectivity index (χ3v) is 3.34. The highest BCUT2D eigenvalue weighted by Crippen LogP contribution is 2.32. The lowest BCUT2D eigenvalue weighted by molar-refractivity contribution is -0.702. The normalized spacial score (nSPS) is 12.3. The fourth-order valence-corrected chi connectivity index (χ4v) is 2.29. The number of benzene rings is 1. The van der Waals surface area contributed by atoms with Gasteiger partial charge in [-0.2, -0.15) is 0 Å². The van der Waals surface area contributed by atoms with Gasteiger partial charge < -0.3 is 19.5 Å². The molecule has 2 N–H and O–H groups in total. The summed E-state index contributed by atoms with van der Waals surface area (Å²) in [4.78, 5) is 0. The van der Waals surface area contributed by atoms with E-state index in [4.69, 9.17) is 14.2 Å². The van der Waals surface area contributed by atoms with Gasteiger partial charge in [-0.25, -0.2) is 0 Å². The smallest absolute Gasteiger partial charge is 0.136 e. The Morgan fingerprint density at radius 1 is 1.17 bits per heavy atom. The van der Waals surface area contributed by atoms with Crippen LogP contribution in [-0.4, -0.2) is 34.0 Å². The van der Waals surface area contributed by atoms with E-state index in [-0.39, 0.29) is 0 Å². The number of quaternary nitrogens is 1. The van der Waals surface area contributed by atoms with E-state index in [9.17, 15) is 0 Å². The molecular formula is C13H21BrNO3+. The largest absolute Gasteiger partial charge is 0.496 e. The second-order valence-corrected chi connectivity index (χ2v) is 5.03. The van der Waals surface area contributed by atoms with E-state index < -0.39 is 0 Å². The van der Waals surface area contributed by atoms with Crippen molar-refractivity contribution >= 4 is 15.9 Å². The molecule has 5 heteroatoms. The Morgan fingerprint density at radius 3 is 2.39 bits per heavy atom. The Hall–Kier alpha value is -0.780. The first-order valence-corrected chi connectivity index (χ1v) is 6.64. The Morgan fingerprint density at radius 2 is 1.83 bits per heavy atom. The maximum atomic E-state index is 5.38. The van der Waals surface area contributed by atoms with Crippen LogP contribution in [0.2, 0.25) is 0 Å². The summed E-state index contributed by atoms with van der Waals surface area (Å²) in [6.07, 6.45) is 0. The van der Waals surface area contributed by atoms with Crippen LogP contribution in [0, 0.1) is 0 Å². The van der Waals surface area contributed by atoms with Gasteiger partial charge >= 0.3 is 0 Å². The van der Waals surface area contributed by atoms with Crippen molar-refractivity contribution in [1.29, 1.82) is 0 Å². The first kappa shape index (κ1) is 15.3. The number of hydrogen-bond acceptors (Lipinski definition) is 3. The molecule has 0 aliphatic rings. The van der Waals surface area contributed by atoms with Crippen molar-refractivity contribution in [2.24, 2.45) is 0 Å². The summed E-state index contributed by atoms with van der Waals surface area (Å²) in [5.74, 6) is 1.62. The van der Waals surface area contributed by atoms with Gasteiger partial charge in [0.15, 0.2) is 0 Å². The molecule has 0 aliphatic carbocycles. The lowest BCUT2D eigenvalue weighted by Gasteiger charge is -2.14. The zero-order valence-electron chi connectivity index (χ0n) is 11.3. The van der Waals surface area contributed by atoms with Gasteiger partial charge in [-0.15, -0.1) is 0 Å². The number of halogens is 1. The van der Waals surface area contributed by atoms with Gasteiger partial charge in [0.2, 0.25) is 0 Å². The Balaban J connectivity index is 2.78. The number of ether oxygens (including phenoxy) is 3. The molecule has 1 aromatic rings. The zero-order valence-corrected chi connectivity index (χ0v) is 12.9. The van der Waals surface area contributed by atoms with E-state index in [1.807, 2.05) is 12.1 Å². The van der Waals surface area contributed by atoms with E-state index in [0.29, 0.717) is 6.04 Å². The topological polar surface area (TPSA) is 44.3 Å². The summed E-state index contributed by atoms with van der Waals surface area (Å²) in [5.41, 5.74) is 1.13. The maximum Gasteiger partial charge on any atom is 0.136 e. The van der Waals surface area contributed by atoms with Gasteiger partial charge in [0.05, 0.1) is 25.3 Å². The lowest BCUT2D eigenvalue weighted by Crippen LogP contribution is -2.88. The standard InChI is InChI=1S/C13H20BrNO3/c1-9(8-16-2)15-7-10-5-11(14)13(18-4)6-12(10)17-3/h5-6,9,15H,7-8H2,1-4H3/p+1/t9-/m1/s1. The quantitative estimate of drug-likeness (QED) is 0.830. The van der Waals surface area contributed by atoms with Crippen molar-refractivity contribution in [2.75, 3.05) is 27.9 Å². The molecule has 1 rings (SSSR count). The van der Waals surface area contributed by atoms with Crippen molar-refractivity contribution in [3.63, 3.8) is 0 Å². The van der Waals surface area contributed by atoms with Crippen LogP contribution in [0.25, 0.3) is 0 Å². The number of hydrogen-bond donors (Lipinski definition) is 1. The van der Waals surface area contributed by atoms with E-state index in [2.05, 4.69) is 28.2 Å². The summed E-state index contributed by atoms with van der Waals surface area (Å²) < 4.78 is 16.7. The van der Waals surface area contributed by atoms with Crippen LogP contribution in [0.1, 0.15) is 12.5 Å². The Bertz CT molecular complexity index is 385. The average Bonchev–Trinajstić information content (AvgIpc) is 2.36. The molecule has 0 saturated carbocycles. The Kier molecular flexibility index (Phi) is 6.46.